The molecule has 4 nitrogen and oxygen atoms in total. The van der Waals surface area contributed by atoms with Gasteiger partial charge in [0.05, 0.1) is 11.7 Å². The van der Waals surface area contributed by atoms with Gasteiger partial charge in [-0.1, -0.05) is 0 Å². The van der Waals surface area contributed by atoms with Crippen LogP contribution in [0.1, 0.15) is 29.6 Å². The maximum atomic E-state index is 11.9. The summed E-state index contributed by atoms with van der Waals surface area (Å²) in [7, 11) is 0. The molecule has 5 heteroatoms. The Morgan fingerprint density at radius 2 is 2.39 bits per heavy atom. The van der Waals surface area contributed by atoms with Gasteiger partial charge in [-0.2, -0.15) is 0 Å². The van der Waals surface area contributed by atoms with Gasteiger partial charge in [-0.25, -0.2) is 0 Å². The van der Waals surface area contributed by atoms with Gasteiger partial charge in [-0.15, -0.1) is 0 Å². The predicted octanol–water partition coefficient (Wildman–Crippen LogP) is 2.30. The van der Waals surface area contributed by atoms with E-state index in [9.17, 15) is 9.90 Å². The quantitative estimate of drug-likeness (QED) is 0.810. The molecule has 1 heterocycles. The van der Waals surface area contributed by atoms with Crippen LogP contribution in [0.25, 0.3) is 0 Å². The topological polar surface area (TPSA) is 58.6 Å². The van der Waals surface area contributed by atoms with Gasteiger partial charge in [-0.3, -0.25) is 4.79 Å². The van der Waals surface area contributed by atoms with Crippen molar-refractivity contribution in [1.29, 1.82) is 0 Å². The van der Waals surface area contributed by atoms with E-state index in [1.807, 2.05) is 0 Å². The maximum absolute atomic E-state index is 11.9. The molecule has 1 atom stereocenters. The second kappa shape index (κ2) is 6.38. The molecule has 1 aliphatic heterocycles. The van der Waals surface area contributed by atoms with Crippen LogP contribution in [0.4, 0.5) is 0 Å². The Morgan fingerprint density at radius 3 is 3.11 bits per heavy atom. The maximum Gasteiger partial charge on any atom is 0.255 e. The molecule has 1 unspecified atom stereocenters. The molecule has 1 aliphatic rings. The summed E-state index contributed by atoms with van der Waals surface area (Å²) in [5.74, 6) is -0.214. The Labute approximate surface area is 120 Å². The number of carbonyl (C=O) groups is 1. The lowest BCUT2D eigenvalue weighted by atomic mass is 10.1. The van der Waals surface area contributed by atoms with Crippen molar-refractivity contribution < 1.29 is 14.6 Å². The number of amides is 1. The van der Waals surface area contributed by atoms with Gasteiger partial charge >= 0.3 is 0 Å². The number of ether oxygens (including phenoxy) is 1. The van der Waals surface area contributed by atoms with Crippen LogP contribution in [0.3, 0.4) is 0 Å². The van der Waals surface area contributed by atoms with E-state index in [0.717, 1.165) is 29.4 Å². The molecule has 98 valence electrons. The van der Waals surface area contributed by atoms with E-state index >= 15 is 0 Å². The highest BCUT2D eigenvalue weighted by atomic mass is 127. The minimum atomic E-state index is -0.232. The lowest BCUT2D eigenvalue weighted by molar-refractivity contribution is 0.0905. The van der Waals surface area contributed by atoms with E-state index in [1.54, 1.807) is 12.1 Å². The van der Waals surface area contributed by atoms with Gasteiger partial charge in [0.2, 0.25) is 0 Å². The van der Waals surface area contributed by atoms with Crippen LogP contribution in [0.5, 0.6) is 5.75 Å². The van der Waals surface area contributed by atoms with Crippen molar-refractivity contribution in [2.75, 3.05) is 13.2 Å². The highest BCUT2D eigenvalue weighted by molar-refractivity contribution is 14.1. The first-order chi connectivity index (χ1) is 8.66. The number of hydrogen-bond acceptors (Lipinski definition) is 3. The Hall–Kier alpha value is -0.820. The van der Waals surface area contributed by atoms with Crippen molar-refractivity contribution in [3.8, 4) is 5.75 Å². The van der Waals surface area contributed by atoms with Gasteiger partial charge in [0.25, 0.3) is 5.91 Å². The van der Waals surface area contributed by atoms with Crippen molar-refractivity contribution in [2.45, 2.75) is 25.4 Å². The van der Waals surface area contributed by atoms with E-state index in [0.29, 0.717) is 12.1 Å². The molecule has 1 amide bonds. The molecule has 0 radical (unpaired) electrons. The van der Waals surface area contributed by atoms with Gasteiger partial charge in [-0.05, 0) is 60.1 Å². The van der Waals surface area contributed by atoms with E-state index < -0.39 is 0 Å². The molecule has 0 aromatic heterocycles. The summed E-state index contributed by atoms with van der Waals surface area (Å²) in [6.07, 6.45) is 3.28. The molecule has 18 heavy (non-hydrogen) atoms. The summed E-state index contributed by atoms with van der Waals surface area (Å²) in [5.41, 5.74) is 0.328. The fourth-order valence-electron chi connectivity index (χ4n) is 2.00. The van der Waals surface area contributed by atoms with Crippen molar-refractivity contribution in [2.24, 2.45) is 0 Å². The van der Waals surface area contributed by atoms with Gasteiger partial charge in [0.1, 0.15) is 5.75 Å². The number of carbonyl (C=O) groups excluding carboxylic acids is 1. The molecule has 2 N–H and O–H groups in total. The standard InChI is InChI=1S/C13H16INO3/c14-9-3-4-12(16)11(8-9)13(17)15-6-5-10-2-1-7-18-10/h3-4,8,10,16H,1-2,5-7H2,(H,15,17). The van der Waals surface area contributed by atoms with Crippen LogP contribution in [0.15, 0.2) is 18.2 Å². The molecule has 1 aromatic rings. The monoisotopic (exact) mass is 361 g/mol. The molecule has 2 rings (SSSR count). The Balaban J connectivity index is 1.85. The van der Waals surface area contributed by atoms with Crippen molar-refractivity contribution in [3.63, 3.8) is 0 Å². The zero-order chi connectivity index (χ0) is 13.0. The van der Waals surface area contributed by atoms with Crippen LogP contribution in [0, 0.1) is 3.57 Å². The third kappa shape index (κ3) is 3.58. The minimum absolute atomic E-state index is 0.0185. The number of benzene rings is 1. The van der Waals surface area contributed by atoms with Gasteiger partial charge in [0.15, 0.2) is 0 Å². The second-order valence-corrected chi connectivity index (χ2v) is 5.59. The van der Waals surface area contributed by atoms with E-state index in [1.165, 1.54) is 6.07 Å². The van der Waals surface area contributed by atoms with Crippen LogP contribution < -0.4 is 5.32 Å². The Bertz CT molecular complexity index is 430. The zero-order valence-electron chi connectivity index (χ0n) is 9.99. The summed E-state index contributed by atoms with van der Waals surface area (Å²) in [5, 5.41) is 12.4. The molecule has 0 aliphatic carbocycles. The first-order valence-corrected chi connectivity index (χ1v) is 7.13. The number of aromatic hydroxyl groups is 1. The summed E-state index contributed by atoms with van der Waals surface area (Å²) < 4.78 is 6.41. The van der Waals surface area contributed by atoms with Crippen LogP contribution in [0.2, 0.25) is 0 Å². The third-order valence-electron chi connectivity index (χ3n) is 2.98. The predicted molar refractivity (Wildman–Crippen MR) is 76.7 cm³/mol. The van der Waals surface area contributed by atoms with Crippen molar-refractivity contribution >= 4 is 28.5 Å². The number of nitrogens with one attached hydrogen (secondary N) is 1. The average molecular weight is 361 g/mol. The number of rotatable bonds is 4. The van der Waals surface area contributed by atoms with Crippen LogP contribution >= 0.6 is 22.6 Å². The largest absolute Gasteiger partial charge is 0.507 e. The molecule has 1 fully saturated rings. The number of phenols is 1. The number of halogens is 1. The Morgan fingerprint density at radius 1 is 1.56 bits per heavy atom. The van der Waals surface area contributed by atoms with E-state index in [2.05, 4.69) is 27.9 Å². The average Bonchev–Trinajstić information content (AvgIpc) is 2.85. The number of hydrogen-bond donors (Lipinski definition) is 2. The van der Waals surface area contributed by atoms with Crippen LogP contribution in [-0.2, 0) is 4.74 Å². The SMILES string of the molecule is O=C(NCCC1CCCO1)c1cc(I)ccc1O. The molecule has 0 saturated carbocycles. The normalized spacial score (nSPS) is 18.8. The van der Waals surface area contributed by atoms with Gasteiger partial charge < -0.3 is 15.2 Å². The zero-order valence-corrected chi connectivity index (χ0v) is 12.1. The Kier molecular flexibility index (Phi) is 4.82. The fourth-order valence-corrected chi connectivity index (χ4v) is 2.50. The second-order valence-electron chi connectivity index (χ2n) is 4.34. The first-order valence-electron chi connectivity index (χ1n) is 6.05. The molecule has 1 aromatic carbocycles. The smallest absolute Gasteiger partial charge is 0.255 e. The fraction of sp³-hybridized carbons (Fsp3) is 0.462. The first kappa shape index (κ1) is 13.6. The highest BCUT2D eigenvalue weighted by Gasteiger charge is 2.16. The molecule has 0 spiro atoms. The van der Waals surface area contributed by atoms with E-state index in [4.69, 9.17) is 4.74 Å². The molecule has 0 bridgehead atoms. The summed E-state index contributed by atoms with van der Waals surface area (Å²) in [6.45, 7) is 1.41. The van der Waals surface area contributed by atoms with Gasteiger partial charge in [0, 0.05) is 16.7 Å². The molecular formula is C13H16INO3. The van der Waals surface area contributed by atoms with Crippen molar-refractivity contribution in [3.05, 3.63) is 27.3 Å². The van der Waals surface area contributed by atoms with Crippen molar-refractivity contribution in [1.82, 2.24) is 5.32 Å². The minimum Gasteiger partial charge on any atom is -0.507 e. The van der Waals surface area contributed by atoms with Crippen LogP contribution in [-0.4, -0.2) is 30.3 Å². The molecular weight excluding hydrogens is 345 g/mol. The lowest BCUT2D eigenvalue weighted by Crippen LogP contribution is -2.27. The molecule has 1 saturated heterocycles. The lowest BCUT2D eigenvalue weighted by Gasteiger charge is -2.10. The summed E-state index contributed by atoms with van der Waals surface area (Å²) >= 11 is 2.11. The summed E-state index contributed by atoms with van der Waals surface area (Å²) in [6, 6.07) is 4.98. The van der Waals surface area contributed by atoms with E-state index in [-0.39, 0.29) is 17.8 Å². The highest BCUT2D eigenvalue weighted by Crippen LogP contribution is 2.19. The summed E-state index contributed by atoms with van der Waals surface area (Å²) in [4.78, 5) is 11.9. The third-order valence-corrected chi connectivity index (χ3v) is 3.65. The number of phenolic OH excluding ortho intramolecular Hbond substituents is 1.